The maximum absolute atomic E-state index is 11.8. The van der Waals surface area contributed by atoms with Gasteiger partial charge in [-0.2, -0.15) is 0 Å². The molecule has 1 aliphatic heterocycles. The Balaban J connectivity index is 1.63. The lowest BCUT2D eigenvalue weighted by molar-refractivity contribution is 0.0690. The van der Waals surface area contributed by atoms with E-state index in [1.54, 1.807) is 0 Å². The molecule has 0 saturated heterocycles. The Kier molecular flexibility index (Phi) is 3.76. The summed E-state index contributed by atoms with van der Waals surface area (Å²) in [5, 5.41) is 27.5. The van der Waals surface area contributed by atoms with E-state index >= 15 is 0 Å². The van der Waals surface area contributed by atoms with Crippen molar-refractivity contribution in [2.24, 2.45) is 11.7 Å². The Morgan fingerprint density at radius 1 is 1.38 bits per heavy atom. The third-order valence-electron chi connectivity index (χ3n) is 5.33. The van der Waals surface area contributed by atoms with Gasteiger partial charge in [-0.1, -0.05) is 6.07 Å². The number of benzene rings is 1. The van der Waals surface area contributed by atoms with Crippen LogP contribution in [0.4, 0.5) is 0 Å². The highest BCUT2D eigenvalue weighted by molar-refractivity contribution is 8.00. The fraction of sp³-hybridized carbons (Fsp3) is 0.500. The predicted molar refractivity (Wildman–Crippen MR) is 92.0 cm³/mol. The lowest BCUT2D eigenvalue weighted by Crippen LogP contribution is -2.27. The lowest BCUT2D eigenvalue weighted by Gasteiger charge is -2.23. The topological polar surface area (TPSA) is 117 Å². The van der Waals surface area contributed by atoms with Crippen molar-refractivity contribution in [3.8, 4) is 5.75 Å². The highest BCUT2D eigenvalue weighted by Gasteiger charge is 2.54. The van der Waals surface area contributed by atoms with Crippen molar-refractivity contribution in [1.82, 2.24) is 0 Å². The third kappa shape index (κ3) is 2.57. The average molecular weight is 346 g/mol. The van der Waals surface area contributed by atoms with Crippen molar-refractivity contribution < 1.29 is 19.6 Å². The number of nitrogens with one attached hydrogen (secondary N) is 1. The number of carboxylic acids is 1. The number of hydrogen-bond donors (Lipinski definition) is 4. The minimum atomic E-state index is -1.03. The van der Waals surface area contributed by atoms with E-state index in [9.17, 15) is 14.9 Å². The van der Waals surface area contributed by atoms with Crippen LogP contribution in [0.5, 0.6) is 5.75 Å². The molecule has 4 rings (SSSR count). The number of rotatable bonds is 4. The van der Waals surface area contributed by atoms with Crippen LogP contribution in [0, 0.1) is 11.3 Å². The molecule has 6 nitrogen and oxygen atoms in total. The van der Waals surface area contributed by atoms with Gasteiger partial charge in [0.2, 0.25) is 0 Å². The maximum atomic E-state index is 11.8. The van der Waals surface area contributed by atoms with Crippen LogP contribution in [0.15, 0.2) is 17.0 Å². The summed E-state index contributed by atoms with van der Waals surface area (Å²) in [5.41, 5.74) is 6.65. The molecule has 5 N–H and O–H groups in total. The van der Waals surface area contributed by atoms with Crippen molar-refractivity contribution in [3.63, 3.8) is 0 Å². The molecule has 2 aliphatic carbocycles. The number of thioether (sulfide) groups is 1. The number of carbonyl (C=O) groups is 1. The first-order valence-electron chi connectivity index (χ1n) is 8.21. The predicted octanol–water partition coefficient (Wildman–Crippen LogP) is 2.31. The zero-order valence-electron chi connectivity index (χ0n) is 13.1. The number of aromatic carboxylic acids is 1. The molecule has 24 heavy (non-hydrogen) atoms. The van der Waals surface area contributed by atoms with Gasteiger partial charge in [0.25, 0.3) is 0 Å². The van der Waals surface area contributed by atoms with Crippen LogP contribution in [0.2, 0.25) is 5.82 Å². The summed E-state index contributed by atoms with van der Waals surface area (Å²) in [6.07, 6.45) is 3.44. The van der Waals surface area contributed by atoms with Gasteiger partial charge in [-0.15, -0.1) is 11.8 Å². The van der Waals surface area contributed by atoms with E-state index in [-0.39, 0.29) is 34.3 Å². The summed E-state index contributed by atoms with van der Waals surface area (Å²) in [6.45, 7) is 0. The van der Waals surface area contributed by atoms with Crippen LogP contribution in [-0.2, 0) is 0 Å². The minimum Gasteiger partial charge on any atom is -0.535 e. The molecule has 2 fully saturated rings. The van der Waals surface area contributed by atoms with E-state index in [1.165, 1.54) is 11.8 Å². The van der Waals surface area contributed by atoms with Gasteiger partial charge >= 0.3 is 13.1 Å². The molecule has 2 saturated carbocycles. The van der Waals surface area contributed by atoms with E-state index in [4.69, 9.17) is 15.8 Å². The molecular formula is C16H19BN2O4S. The van der Waals surface area contributed by atoms with Crippen molar-refractivity contribution in [1.29, 1.82) is 5.41 Å². The van der Waals surface area contributed by atoms with E-state index in [1.807, 2.05) is 12.1 Å². The second kappa shape index (κ2) is 5.70. The van der Waals surface area contributed by atoms with Gasteiger partial charge in [0.15, 0.2) is 0 Å². The fourth-order valence-electron chi connectivity index (χ4n) is 3.91. The van der Waals surface area contributed by atoms with Crippen LogP contribution in [0.3, 0.4) is 0 Å². The molecule has 1 unspecified atom stereocenters. The fourth-order valence-corrected chi connectivity index (χ4v) is 5.29. The summed E-state index contributed by atoms with van der Waals surface area (Å²) in [7, 11) is -0.908. The van der Waals surface area contributed by atoms with Gasteiger partial charge in [-0.05, 0) is 43.2 Å². The second-order valence-electron chi connectivity index (χ2n) is 6.88. The first-order chi connectivity index (χ1) is 11.5. The van der Waals surface area contributed by atoms with Gasteiger partial charge in [-0.3, -0.25) is 5.41 Å². The summed E-state index contributed by atoms with van der Waals surface area (Å²) in [5.74, 6) is -0.0631. The Morgan fingerprint density at radius 2 is 2.17 bits per heavy atom. The smallest absolute Gasteiger partial charge is 0.526 e. The van der Waals surface area contributed by atoms with Crippen LogP contribution in [0.1, 0.15) is 47.5 Å². The molecule has 126 valence electrons. The first-order valence-corrected chi connectivity index (χ1v) is 9.09. The standard InChI is InChI=1S/C16H19BN2O4S/c18-15(19)7-1-2-8(5-7)24-12-4-3-9-10-6-11(10)17(22)23-14(9)13(12)16(20)21/h3-4,7-8,10-11,22H,1-2,5-6H2,(H3,18,19)(H,20,21)/t7?,8-,10+,11+/m0/s1. The van der Waals surface area contributed by atoms with E-state index in [2.05, 4.69) is 0 Å². The number of fused-ring (bicyclic) bond motifs is 3. The Hall–Kier alpha value is -1.67. The van der Waals surface area contributed by atoms with Gasteiger partial charge < -0.3 is 20.5 Å². The van der Waals surface area contributed by atoms with Crippen LogP contribution in [-0.4, -0.2) is 34.3 Å². The van der Waals surface area contributed by atoms with Crippen LogP contribution < -0.4 is 10.4 Å². The van der Waals surface area contributed by atoms with E-state index in [0.29, 0.717) is 10.6 Å². The minimum absolute atomic E-state index is 0.0960. The number of carboxylic acid groups (broad SMARTS) is 1. The van der Waals surface area contributed by atoms with Gasteiger partial charge in [-0.25, -0.2) is 4.79 Å². The Labute approximate surface area is 144 Å². The SMILES string of the molecule is N=C(N)C1CC[C@H](Sc2ccc3c(c2C(=O)O)OB(O)[C@@H]2C[C@H]32)C1. The number of hydrogen-bond acceptors (Lipinski definition) is 5. The third-order valence-corrected chi connectivity index (χ3v) is 6.68. The maximum Gasteiger partial charge on any atom is 0.526 e. The second-order valence-corrected chi connectivity index (χ2v) is 8.22. The molecule has 0 radical (unpaired) electrons. The summed E-state index contributed by atoms with van der Waals surface area (Å²) in [4.78, 5) is 12.5. The van der Waals surface area contributed by atoms with Gasteiger partial charge in [0.05, 0.1) is 5.84 Å². The highest BCUT2D eigenvalue weighted by atomic mass is 32.2. The normalized spacial score (nSPS) is 30.3. The van der Waals surface area contributed by atoms with Crippen molar-refractivity contribution in [3.05, 3.63) is 23.3 Å². The van der Waals surface area contributed by atoms with Crippen molar-refractivity contribution in [2.75, 3.05) is 0 Å². The first kappa shape index (κ1) is 15.8. The van der Waals surface area contributed by atoms with Gasteiger partial charge in [0.1, 0.15) is 11.3 Å². The molecule has 0 bridgehead atoms. The summed E-state index contributed by atoms with van der Waals surface area (Å²) >= 11 is 1.52. The molecule has 1 heterocycles. The zero-order chi connectivity index (χ0) is 17.0. The molecule has 0 spiro atoms. The van der Waals surface area contributed by atoms with Crippen LogP contribution >= 0.6 is 11.8 Å². The molecule has 0 aromatic heterocycles. The van der Waals surface area contributed by atoms with Gasteiger partial charge in [0, 0.05) is 21.9 Å². The quantitative estimate of drug-likeness (QED) is 0.378. The molecule has 4 atom stereocenters. The van der Waals surface area contributed by atoms with Crippen LogP contribution in [0.25, 0.3) is 0 Å². The average Bonchev–Trinajstić information content (AvgIpc) is 3.19. The van der Waals surface area contributed by atoms with Crippen molar-refractivity contribution >= 4 is 30.7 Å². The largest absolute Gasteiger partial charge is 0.535 e. The summed E-state index contributed by atoms with van der Waals surface area (Å²) in [6, 6.07) is 3.81. The highest BCUT2D eigenvalue weighted by Crippen LogP contribution is 2.60. The Bertz CT molecular complexity index is 728. The number of nitrogens with two attached hydrogens (primary N) is 1. The van der Waals surface area contributed by atoms with Crippen molar-refractivity contribution in [2.45, 2.75) is 47.6 Å². The zero-order valence-corrected chi connectivity index (χ0v) is 13.9. The number of amidine groups is 1. The van der Waals surface area contributed by atoms with E-state index in [0.717, 1.165) is 31.2 Å². The molecule has 1 aromatic carbocycles. The lowest BCUT2D eigenvalue weighted by atomic mass is 9.77. The van der Waals surface area contributed by atoms with E-state index < -0.39 is 13.1 Å². The Morgan fingerprint density at radius 3 is 2.83 bits per heavy atom. The molecular weight excluding hydrogens is 327 g/mol. The molecule has 3 aliphatic rings. The monoisotopic (exact) mass is 346 g/mol. The summed E-state index contributed by atoms with van der Waals surface area (Å²) < 4.78 is 5.55. The molecule has 8 heteroatoms. The molecule has 0 amide bonds. The molecule has 1 aromatic rings.